The number of ether oxygens (including phenoxy) is 3. The highest BCUT2D eigenvalue weighted by atomic mass is 16.5. The van der Waals surface area contributed by atoms with Gasteiger partial charge in [0.15, 0.2) is 11.5 Å². The third kappa shape index (κ3) is 6.36. The van der Waals surface area contributed by atoms with Crippen molar-refractivity contribution in [2.45, 2.75) is 19.8 Å². The number of methoxy groups -OCH3 is 1. The van der Waals surface area contributed by atoms with E-state index in [1.165, 1.54) is 0 Å². The summed E-state index contributed by atoms with van der Waals surface area (Å²) in [6.07, 6.45) is 1.74. The number of amides is 1. The molecule has 0 saturated heterocycles. The molecular formula is C28H26N2O4. The highest BCUT2D eigenvalue weighted by Gasteiger charge is 2.12. The van der Waals surface area contributed by atoms with Gasteiger partial charge in [-0.15, -0.1) is 0 Å². The SMILES string of the molecule is COc1cc(C(=O)NCc2cccc(OCc3ccccn3)c2)ccc1OCc1ccccc1. The number of aromatic nitrogens is 1. The topological polar surface area (TPSA) is 69.7 Å². The van der Waals surface area contributed by atoms with Crippen LogP contribution in [0.5, 0.6) is 17.2 Å². The smallest absolute Gasteiger partial charge is 0.251 e. The van der Waals surface area contributed by atoms with Crippen molar-refractivity contribution in [1.82, 2.24) is 10.3 Å². The predicted molar refractivity (Wildman–Crippen MR) is 130 cm³/mol. The zero-order chi connectivity index (χ0) is 23.6. The molecule has 4 aromatic rings. The average Bonchev–Trinajstić information content (AvgIpc) is 2.90. The van der Waals surface area contributed by atoms with Crippen molar-refractivity contribution in [1.29, 1.82) is 0 Å². The van der Waals surface area contributed by atoms with Crippen molar-refractivity contribution in [3.63, 3.8) is 0 Å². The molecule has 1 amide bonds. The lowest BCUT2D eigenvalue weighted by Gasteiger charge is -2.13. The van der Waals surface area contributed by atoms with Gasteiger partial charge in [0.05, 0.1) is 12.8 Å². The lowest BCUT2D eigenvalue weighted by atomic mass is 10.1. The van der Waals surface area contributed by atoms with Gasteiger partial charge in [-0.2, -0.15) is 0 Å². The maximum Gasteiger partial charge on any atom is 0.251 e. The third-order valence-corrected chi connectivity index (χ3v) is 5.13. The molecule has 6 heteroatoms. The van der Waals surface area contributed by atoms with Crippen LogP contribution in [-0.2, 0) is 19.8 Å². The second-order valence-corrected chi connectivity index (χ2v) is 7.58. The second-order valence-electron chi connectivity index (χ2n) is 7.58. The van der Waals surface area contributed by atoms with Gasteiger partial charge in [-0.1, -0.05) is 48.5 Å². The van der Waals surface area contributed by atoms with Crippen LogP contribution in [0.25, 0.3) is 0 Å². The summed E-state index contributed by atoms with van der Waals surface area (Å²) < 4.78 is 17.1. The summed E-state index contributed by atoms with van der Waals surface area (Å²) in [5, 5.41) is 2.94. The maximum absolute atomic E-state index is 12.7. The van der Waals surface area contributed by atoms with Gasteiger partial charge in [-0.05, 0) is 53.6 Å². The number of hydrogen-bond donors (Lipinski definition) is 1. The Morgan fingerprint density at radius 1 is 0.794 bits per heavy atom. The van der Waals surface area contributed by atoms with Gasteiger partial charge in [-0.3, -0.25) is 9.78 Å². The van der Waals surface area contributed by atoms with Crippen LogP contribution in [0.4, 0.5) is 0 Å². The molecule has 1 heterocycles. The van der Waals surface area contributed by atoms with Gasteiger partial charge in [0.1, 0.15) is 19.0 Å². The molecule has 0 aliphatic carbocycles. The van der Waals surface area contributed by atoms with Crippen LogP contribution in [0, 0.1) is 0 Å². The van der Waals surface area contributed by atoms with Crippen LogP contribution < -0.4 is 19.5 Å². The van der Waals surface area contributed by atoms with Crippen LogP contribution in [-0.4, -0.2) is 18.0 Å². The molecule has 3 aromatic carbocycles. The molecule has 1 aromatic heterocycles. The molecule has 0 fully saturated rings. The summed E-state index contributed by atoms with van der Waals surface area (Å²) in [7, 11) is 1.56. The van der Waals surface area contributed by atoms with Crippen molar-refractivity contribution >= 4 is 5.91 Å². The number of nitrogens with zero attached hydrogens (tertiary/aromatic N) is 1. The third-order valence-electron chi connectivity index (χ3n) is 5.13. The first-order valence-corrected chi connectivity index (χ1v) is 11.0. The van der Waals surface area contributed by atoms with Crippen molar-refractivity contribution < 1.29 is 19.0 Å². The van der Waals surface area contributed by atoms with Crippen LogP contribution in [0.3, 0.4) is 0 Å². The Hall–Kier alpha value is -4.32. The Kier molecular flexibility index (Phi) is 7.74. The number of rotatable bonds is 10. The molecule has 0 spiro atoms. The van der Waals surface area contributed by atoms with E-state index in [1.807, 2.05) is 72.8 Å². The van der Waals surface area contributed by atoms with Crippen molar-refractivity contribution in [3.05, 3.63) is 120 Å². The summed E-state index contributed by atoms with van der Waals surface area (Å²) in [4.78, 5) is 17.0. The Bertz CT molecular complexity index is 1210. The first kappa shape index (κ1) is 22.9. The Morgan fingerprint density at radius 3 is 2.41 bits per heavy atom. The molecule has 6 nitrogen and oxygen atoms in total. The first-order chi connectivity index (χ1) is 16.7. The van der Waals surface area contributed by atoms with E-state index >= 15 is 0 Å². The van der Waals surface area contributed by atoms with Crippen molar-refractivity contribution in [3.8, 4) is 17.2 Å². The lowest BCUT2D eigenvalue weighted by molar-refractivity contribution is 0.0950. The molecule has 0 saturated carbocycles. The van der Waals surface area contributed by atoms with E-state index in [2.05, 4.69) is 10.3 Å². The maximum atomic E-state index is 12.7. The Labute approximate surface area is 199 Å². The minimum atomic E-state index is -0.201. The quantitative estimate of drug-likeness (QED) is 0.358. The number of hydrogen-bond acceptors (Lipinski definition) is 5. The van der Waals surface area contributed by atoms with Gasteiger partial charge in [-0.25, -0.2) is 0 Å². The average molecular weight is 455 g/mol. The van der Waals surface area contributed by atoms with Crippen LogP contribution in [0.2, 0.25) is 0 Å². The molecule has 4 rings (SSSR count). The molecular weight excluding hydrogens is 428 g/mol. The number of benzene rings is 3. The van der Waals surface area contributed by atoms with E-state index in [-0.39, 0.29) is 5.91 Å². The van der Waals surface area contributed by atoms with E-state index < -0.39 is 0 Å². The normalized spacial score (nSPS) is 10.4. The largest absolute Gasteiger partial charge is 0.493 e. The minimum Gasteiger partial charge on any atom is -0.493 e. The zero-order valence-corrected chi connectivity index (χ0v) is 18.9. The van der Waals surface area contributed by atoms with Crippen molar-refractivity contribution in [2.75, 3.05) is 7.11 Å². The number of pyridine rings is 1. The van der Waals surface area contributed by atoms with Crippen molar-refractivity contribution in [2.24, 2.45) is 0 Å². The number of nitrogens with one attached hydrogen (secondary N) is 1. The fourth-order valence-corrected chi connectivity index (χ4v) is 3.33. The summed E-state index contributed by atoms with van der Waals surface area (Å²) in [6, 6.07) is 28.4. The number of carbonyl (C=O) groups excluding carboxylic acids is 1. The van der Waals surface area contributed by atoms with Crippen LogP contribution in [0.15, 0.2) is 97.2 Å². The molecule has 0 bridgehead atoms. The summed E-state index contributed by atoms with van der Waals surface area (Å²) in [5.74, 6) is 1.61. The molecule has 0 unspecified atom stereocenters. The van der Waals surface area contributed by atoms with E-state index in [4.69, 9.17) is 14.2 Å². The second kappa shape index (κ2) is 11.5. The minimum absolute atomic E-state index is 0.201. The van der Waals surface area contributed by atoms with E-state index in [1.54, 1.807) is 31.5 Å². The van der Waals surface area contributed by atoms with E-state index in [9.17, 15) is 4.79 Å². The highest BCUT2D eigenvalue weighted by Crippen LogP contribution is 2.29. The fourth-order valence-electron chi connectivity index (χ4n) is 3.33. The van der Waals surface area contributed by atoms with E-state index in [0.29, 0.717) is 36.8 Å². The number of carbonyl (C=O) groups is 1. The molecule has 1 N–H and O–H groups in total. The zero-order valence-electron chi connectivity index (χ0n) is 18.9. The van der Waals surface area contributed by atoms with Crippen LogP contribution >= 0.6 is 0 Å². The Morgan fingerprint density at radius 2 is 1.62 bits per heavy atom. The van der Waals surface area contributed by atoms with E-state index in [0.717, 1.165) is 22.6 Å². The first-order valence-electron chi connectivity index (χ1n) is 11.0. The summed E-state index contributed by atoms with van der Waals surface area (Å²) in [5.41, 5.74) is 3.33. The molecule has 0 radical (unpaired) electrons. The van der Waals surface area contributed by atoms with Gasteiger partial charge in [0, 0.05) is 18.3 Å². The van der Waals surface area contributed by atoms with Crippen LogP contribution in [0.1, 0.15) is 27.2 Å². The van der Waals surface area contributed by atoms with Gasteiger partial charge in [0.2, 0.25) is 0 Å². The standard InChI is InChI=1S/C28H26N2O4/c1-32-27-17-23(13-14-26(27)34-19-21-8-3-2-4-9-21)28(31)30-18-22-10-7-12-25(16-22)33-20-24-11-5-6-15-29-24/h2-17H,18-20H2,1H3,(H,30,31). The van der Waals surface area contributed by atoms with Gasteiger partial charge >= 0.3 is 0 Å². The molecule has 172 valence electrons. The molecule has 34 heavy (non-hydrogen) atoms. The van der Waals surface area contributed by atoms with Gasteiger partial charge < -0.3 is 19.5 Å². The fraction of sp³-hybridized carbons (Fsp3) is 0.143. The summed E-state index contributed by atoms with van der Waals surface area (Å²) in [6.45, 7) is 1.17. The molecule has 0 atom stereocenters. The Balaban J connectivity index is 1.33. The molecule has 0 aliphatic rings. The van der Waals surface area contributed by atoms with Gasteiger partial charge in [0.25, 0.3) is 5.91 Å². The molecule has 0 aliphatic heterocycles. The highest BCUT2D eigenvalue weighted by molar-refractivity contribution is 5.94. The lowest BCUT2D eigenvalue weighted by Crippen LogP contribution is -2.22. The monoisotopic (exact) mass is 454 g/mol. The summed E-state index contributed by atoms with van der Waals surface area (Å²) >= 11 is 0. The predicted octanol–water partition coefficient (Wildman–Crippen LogP) is 5.18.